The molecule has 0 unspecified atom stereocenters. The zero-order chi connectivity index (χ0) is 12.3. The van der Waals surface area contributed by atoms with Crippen molar-refractivity contribution >= 4 is 0 Å². The van der Waals surface area contributed by atoms with Crippen molar-refractivity contribution in [3.63, 3.8) is 0 Å². The summed E-state index contributed by atoms with van der Waals surface area (Å²) in [5.74, 6) is 0.666. The van der Waals surface area contributed by atoms with Crippen molar-refractivity contribution in [2.75, 3.05) is 6.54 Å². The molecule has 17 heavy (non-hydrogen) atoms. The maximum Gasteiger partial charge on any atom is 0.251 e. The first-order valence-corrected chi connectivity index (χ1v) is 5.49. The molecule has 2 rings (SSSR count). The van der Waals surface area contributed by atoms with Gasteiger partial charge < -0.3 is 10.7 Å². The van der Waals surface area contributed by atoms with Gasteiger partial charge in [0.2, 0.25) is 0 Å². The third kappa shape index (κ3) is 2.59. The first kappa shape index (κ1) is 11.5. The van der Waals surface area contributed by atoms with E-state index in [2.05, 4.69) is 15.1 Å². The molecule has 6 nitrogen and oxygen atoms in total. The van der Waals surface area contributed by atoms with Crippen LogP contribution in [0.1, 0.15) is 12.2 Å². The number of aryl methyl sites for hydroxylation is 2. The molecule has 2 aromatic heterocycles. The molecule has 0 aliphatic rings. The van der Waals surface area contributed by atoms with Crippen molar-refractivity contribution in [3.8, 4) is 11.4 Å². The molecule has 2 heterocycles. The number of hydrogen-bond acceptors (Lipinski definition) is 4. The van der Waals surface area contributed by atoms with E-state index in [1.165, 1.54) is 6.07 Å². The molecule has 0 aliphatic heterocycles. The topological polar surface area (TPSA) is 89.6 Å². The fraction of sp³-hybridized carbons (Fsp3) is 0.364. The molecular formula is C11H15N5O. The SMILES string of the molecule is Cn1nccc1-c1cc(=O)[nH]c(CCCN)n1. The number of H-pyrrole nitrogens is 1. The van der Waals surface area contributed by atoms with Gasteiger partial charge in [-0.25, -0.2) is 4.98 Å². The van der Waals surface area contributed by atoms with Gasteiger partial charge in [0.15, 0.2) is 0 Å². The summed E-state index contributed by atoms with van der Waals surface area (Å²) < 4.78 is 1.69. The first-order valence-electron chi connectivity index (χ1n) is 5.49. The van der Waals surface area contributed by atoms with E-state index in [4.69, 9.17) is 5.73 Å². The highest BCUT2D eigenvalue weighted by Gasteiger charge is 2.07. The number of hydrogen-bond donors (Lipinski definition) is 2. The van der Waals surface area contributed by atoms with Gasteiger partial charge in [-0.2, -0.15) is 5.10 Å². The number of nitrogens with zero attached hydrogens (tertiary/aromatic N) is 3. The largest absolute Gasteiger partial charge is 0.330 e. The van der Waals surface area contributed by atoms with E-state index in [-0.39, 0.29) is 5.56 Å². The van der Waals surface area contributed by atoms with Crippen LogP contribution in [0.15, 0.2) is 23.1 Å². The molecule has 3 N–H and O–H groups in total. The molecule has 90 valence electrons. The Hall–Kier alpha value is -1.95. The van der Waals surface area contributed by atoms with Gasteiger partial charge in [0.05, 0.1) is 11.4 Å². The van der Waals surface area contributed by atoms with Crippen LogP contribution in [0.5, 0.6) is 0 Å². The summed E-state index contributed by atoms with van der Waals surface area (Å²) in [7, 11) is 1.82. The van der Waals surface area contributed by atoms with E-state index in [0.717, 1.165) is 12.1 Å². The summed E-state index contributed by atoms with van der Waals surface area (Å²) >= 11 is 0. The molecule has 0 aromatic carbocycles. The van der Waals surface area contributed by atoms with Crippen molar-refractivity contribution in [2.24, 2.45) is 12.8 Å². The van der Waals surface area contributed by atoms with Gasteiger partial charge in [-0.1, -0.05) is 0 Å². The zero-order valence-electron chi connectivity index (χ0n) is 9.68. The Morgan fingerprint density at radius 2 is 2.35 bits per heavy atom. The van der Waals surface area contributed by atoms with Crippen LogP contribution < -0.4 is 11.3 Å². The summed E-state index contributed by atoms with van der Waals surface area (Å²) in [5, 5.41) is 4.06. The highest BCUT2D eigenvalue weighted by molar-refractivity contribution is 5.53. The van der Waals surface area contributed by atoms with Crippen LogP contribution in [0.4, 0.5) is 0 Å². The second-order valence-corrected chi connectivity index (χ2v) is 3.81. The van der Waals surface area contributed by atoms with Gasteiger partial charge in [-0.15, -0.1) is 0 Å². The monoisotopic (exact) mass is 233 g/mol. The quantitative estimate of drug-likeness (QED) is 0.781. The van der Waals surface area contributed by atoms with E-state index < -0.39 is 0 Å². The summed E-state index contributed by atoms with van der Waals surface area (Å²) in [4.78, 5) is 18.6. The van der Waals surface area contributed by atoms with E-state index in [0.29, 0.717) is 24.5 Å². The lowest BCUT2D eigenvalue weighted by Gasteiger charge is -2.04. The second-order valence-electron chi connectivity index (χ2n) is 3.81. The molecular weight excluding hydrogens is 218 g/mol. The normalized spacial score (nSPS) is 10.7. The highest BCUT2D eigenvalue weighted by atomic mass is 16.1. The van der Waals surface area contributed by atoms with Crippen molar-refractivity contribution < 1.29 is 0 Å². The van der Waals surface area contributed by atoms with E-state index in [1.807, 2.05) is 13.1 Å². The molecule has 0 bridgehead atoms. The van der Waals surface area contributed by atoms with Crippen LogP contribution in [0, 0.1) is 0 Å². The van der Waals surface area contributed by atoms with Gasteiger partial charge >= 0.3 is 0 Å². The van der Waals surface area contributed by atoms with E-state index >= 15 is 0 Å². The number of aromatic nitrogens is 4. The number of aromatic amines is 1. The zero-order valence-corrected chi connectivity index (χ0v) is 9.68. The smallest absolute Gasteiger partial charge is 0.251 e. The average molecular weight is 233 g/mol. The maximum atomic E-state index is 11.5. The predicted molar refractivity (Wildman–Crippen MR) is 64.4 cm³/mol. The van der Waals surface area contributed by atoms with Crippen LogP contribution in [0.3, 0.4) is 0 Å². The molecule has 0 saturated carbocycles. The van der Waals surface area contributed by atoms with Gasteiger partial charge in [0, 0.05) is 25.7 Å². The molecule has 0 saturated heterocycles. The van der Waals surface area contributed by atoms with Crippen LogP contribution in [-0.4, -0.2) is 26.3 Å². The Balaban J connectivity index is 2.38. The Labute approximate surface area is 98.5 Å². The van der Waals surface area contributed by atoms with Crippen molar-refractivity contribution in [2.45, 2.75) is 12.8 Å². The molecule has 0 radical (unpaired) electrons. The summed E-state index contributed by atoms with van der Waals surface area (Å²) in [6, 6.07) is 3.30. The lowest BCUT2D eigenvalue weighted by Crippen LogP contribution is -2.13. The van der Waals surface area contributed by atoms with Gasteiger partial charge in [0.1, 0.15) is 5.82 Å². The van der Waals surface area contributed by atoms with Crippen molar-refractivity contribution in [1.82, 2.24) is 19.7 Å². The molecule has 0 aliphatic carbocycles. The van der Waals surface area contributed by atoms with Crippen LogP contribution in [-0.2, 0) is 13.5 Å². The Morgan fingerprint density at radius 3 is 3.00 bits per heavy atom. The molecule has 2 aromatic rings. The van der Waals surface area contributed by atoms with Gasteiger partial charge in [-0.3, -0.25) is 9.48 Å². The number of nitrogens with two attached hydrogens (primary N) is 1. The summed E-state index contributed by atoms with van der Waals surface area (Å²) in [5.41, 5.74) is 6.75. The molecule has 0 atom stereocenters. The van der Waals surface area contributed by atoms with Crippen molar-refractivity contribution in [3.05, 3.63) is 34.5 Å². The lowest BCUT2D eigenvalue weighted by atomic mass is 10.2. The maximum absolute atomic E-state index is 11.5. The molecule has 0 fully saturated rings. The van der Waals surface area contributed by atoms with Crippen LogP contribution in [0.2, 0.25) is 0 Å². The van der Waals surface area contributed by atoms with Crippen LogP contribution >= 0.6 is 0 Å². The van der Waals surface area contributed by atoms with Gasteiger partial charge in [-0.05, 0) is 19.0 Å². The second kappa shape index (κ2) is 4.92. The lowest BCUT2D eigenvalue weighted by molar-refractivity contribution is 0.758. The van der Waals surface area contributed by atoms with Crippen molar-refractivity contribution in [1.29, 1.82) is 0 Å². The standard InChI is InChI=1S/C11H15N5O/c1-16-9(4-6-13-16)8-7-11(17)15-10(14-8)3-2-5-12/h4,6-7H,2-3,5,12H2,1H3,(H,14,15,17). The van der Waals surface area contributed by atoms with E-state index in [9.17, 15) is 4.79 Å². The fourth-order valence-corrected chi connectivity index (χ4v) is 1.65. The minimum absolute atomic E-state index is 0.150. The van der Waals surface area contributed by atoms with Crippen LogP contribution in [0.25, 0.3) is 11.4 Å². The average Bonchev–Trinajstić information content (AvgIpc) is 2.72. The highest BCUT2D eigenvalue weighted by Crippen LogP contribution is 2.13. The third-order valence-electron chi connectivity index (χ3n) is 2.49. The van der Waals surface area contributed by atoms with Gasteiger partial charge in [0.25, 0.3) is 5.56 Å². The predicted octanol–water partition coefficient (Wildman–Crippen LogP) is 0.0617. The Morgan fingerprint density at radius 1 is 1.53 bits per heavy atom. The summed E-state index contributed by atoms with van der Waals surface area (Å²) in [6.07, 6.45) is 3.16. The number of nitrogens with one attached hydrogen (secondary N) is 1. The number of rotatable bonds is 4. The van der Waals surface area contributed by atoms with E-state index in [1.54, 1.807) is 10.9 Å². The Kier molecular flexibility index (Phi) is 3.34. The fourth-order valence-electron chi connectivity index (χ4n) is 1.65. The Bertz CT molecular complexity index is 557. The minimum atomic E-state index is -0.150. The summed E-state index contributed by atoms with van der Waals surface area (Å²) in [6.45, 7) is 0.583. The first-order chi connectivity index (χ1) is 8.20. The molecule has 0 amide bonds. The minimum Gasteiger partial charge on any atom is -0.330 e. The molecule has 6 heteroatoms. The molecule has 0 spiro atoms. The third-order valence-corrected chi connectivity index (χ3v) is 2.49.